The highest BCUT2D eigenvalue weighted by Crippen LogP contribution is 2.20. The molecule has 0 saturated heterocycles. The van der Waals surface area contributed by atoms with Crippen LogP contribution in [0.3, 0.4) is 0 Å². The monoisotopic (exact) mass is 332 g/mol. The second-order valence-corrected chi connectivity index (χ2v) is 5.68. The predicted octanol–water partition coefficient (Wildman–Crippen LogP) is 3.11. The molecule has 5 heteroatoms. The van der Waals surface area contributed by atoms with Crippen molar-refractivity contribution in [3.05, 3.63) is 33.3 Å². The van der Waals surface area contributed by atoms with Crippen LogP contribution in [0.2, 0.25) is 5.02 Å². The van der Waals surface area contributed by atoms with Gasteiger partial charge in [0.1, 0.15) is 0 Å². The minimum Gasteiger partial charge on any atom is -0.354 e. The molecular weight excluding hydrogens is 316 g/mol. The fourth-order valence-corrected chi connectivity index (χ4v) is 2.08. The highest BCUT2D eigenvalue weighted by atomic mass is 79.9. The van der Waals surface area contributed by atoms with Crippen molar-refractivity contribution in [1.29, 1.82) is 0 Å². The van der Waals surface area contributed by atoms with E-state index in [1.807, 2.05) is 32.0 Å². The van der Waals surface area contributed by atoms with E-state index >= 15 is 0 Å². The van der Waals surface area contributed by atoms with Crippen LogP contribution < -0.4 is 10.6 Å². The Bertz CT molecular complexity index is 410. The summed E-state index contributed by atoms with van der Waals surface area (Å²) in [4.78, 5) is 11.4. The van der Waals surface area contributed by atoms with Gasteiger partial charge in [0.05, 0.1) is 0 Å². The molecule has 0 aliphatic carbocycles. The van der Waals surface area contributed by atoms with Crippen molar-refractivity contribution in [2.24, 2.45) is 0 Å². The maximum Gasteiger partial charge on any atom is 0.221 e. The molecule has 0 radical (unpaired) electrons. The first kappa shape index (κ1) is 15.5. The molecule has 0 heterocycles. The summed E-state index contributed by atoms with van der Waals surface area (Å²) in [7, 11) is 0. The van der Waals surface area contributed by atoms with Gasteiger partial charge in [0, 0.05) is 35.0 Å². The third kappa shape index (κ3) is 5.85. The van der Waals surface area contributed by atoms with Crippen LogP contribution in [0.4, 0.5) is 0 Å². The van der Waals surface area contributed by atoms with E-state index in [1.54, 1.807) is 0 Å². The van der Waals surface area contributed by atoms with Crippen molar-refractivity contribution in [3.8, 4) is 0 Å². The fourth-order valence-electron chi connectivity index (χ4n) is 1.50. The first-order valence-electron chi connectivity index (χ1n) is 5.93. The van der Waals surface area contributed by atoms with E-state index in [4.69, 9.17) is 11.6 Å². The average Bonchev–Trinajstić information content (AvgIpc) is 2.28. The van der Waals surface area contributed by atoms with Crippen LogP contribution in [-0.4, -0.2) is 18.5 Å². The topological polar surface area (TPSA) is 41.1 Å². The summed E-state index contributed by atoms with van der Waals surface area (Å²) in [6.07, 6.45) is 0.483. The van der Waals surface area contributed by atoms with Crippen LogP contribution in [-0.2, 0) is 11.3 Å². The molecule has 0 bridgehead atoms. The third-order valence-corrected chi connectivity index (χ3v) is 3.31. The number of halogens is 2. The molecule has 1 aromatic rings. The second kappa shape index (κ2) is 7.77. The van der Waals surface area contributed by atoms with Crippen molar-refractivity contribution in [2.45, 2.75) is 32.9 Å². The molecule has 0 spiro atoms. The molecule has 0 aliphatic heterocycles. The van der Waals surface area contributed by atoms with Crippen LogP contribution in [0.25, 0.3) is 0 Å². The summed E-state index contributed by atoms with van der Waals surface area (Å²) in [5, 5.41) is 6.79. The lowest BCUT2D eigenvalue weighted by molar-refractivity contribution is -0.121. The molecule has 0 fully saturated rings. The van der Waals surface area contributed by atoms with Crippen LogP contribution in [0.5, 0.6) is 0 Å². The summed E-state index contributed by atoms with van der Waals surface area (Å²) in [5.74, 6) is 0.0719. The quantitative estimate of drug-likeness (QED) is 0.785. The Morgan fingerprint density at radius 1 is 1.44 bits per heavy atom. The minimum absolute atomic E-state index is 0.0719. The van der Waals surface area contributed by atoms with Gasteiger partial charge in [0.15, 0.2) is 0 Å². The maximum absolute atomic E-state index is 11.4. The lowest BCUT2D eigenvalue weighted by Crippen LogP contribution is -2.32. The number of benzene rings is 1. The first-order valence-corrected chi connectivity index (χ1v) is 7.10. The molecule has 0 saturated carbocycles. The van der Waals surface area contributed by atoms with E-state index < -0.39 is 0 Å². The Hall–Kier alpha value is -0.580. The van der Waals surface area contributed by atoms with Crippen LogP contribution in [0.1, 0.15) is 25.8 Å². The van der Waals surface area contributed by atoms with E-state index in [9.17, 15) is 4.79 Å². The molecule has 3 nitrogen and oxygen atoms in total. The van der Waals surface area contributed by atoms with Crippen molar-refractivity contribution >= 4 is 33.4 Å². The number of nitrogens with one attached hydrogen (secondary N) is 2. The van der Waals surface area contributed by atoms with Gasteiger partial charge in [0.25, 0.3) is 0 Å². The summed E-state index contributed by atoms with van der Waals surface area (Å²) in [5.41, 5.74) is 1.09. The summed E-state index contributed by atoms with van der Waals surface area (Å²) in [6, 6.07) is 5.86. The SMILES string of the molecule is CC(C)NC(=O)CCNCc1cc(Cl)ccc1Br. The highest BCUT2D eigenvalue weighted by molar-refractivity contribution is 9.10. The molecule has 2 N–H and O–H groups in total. The fraction of sp³-hybridized carbons (Fsp3) is 0.462. The molecule has 0 aromatic heterocycles. The second-order valence-electron chi connectivity index (χ2n) is 4.38. The zero-order chi connectivity index (χ0) is 13.5. The Kier molecular flexibility index (Phi) is 6.68. The standard InChI is InChI=1S/C13H18BrClN2O/c1-9(2)17-13(18)5-6-16-8-10-7-11(15)3-4-12(10)14/h3-4,7,9,16H,5-6,8H2,1-2H3,(H,17,18). The van der Waals surface area contributed by atoms with Gasteiger partial charge in [-0.05, 0) is 37.6 Å². The molecule has 1 aromatic carbocycles. The first-order chi connectivity index (χ1) is 8.49. The zero-order valence-corrected chi connectivity index (χ0v) is 12.9. The highest BCUT2D eigenvalue weighted by Gasteiger charge is 2.04. The van der Waals surface area contributed by atoms with Gasteiger partial charge in [-0.2, -0.15) is 0 Å². The molecule has 0 aliphatic rings. The maximum atomic E-state index is 11.4. The number of carbonyl (C=O) groups is 1. The number of hydrogen-bond donors (Lipinski definition) is 2. The van der Waals surface area contributed by atoms with Gasteiger partial charge in [-0.15, -0.1) is 0 Å². The lowest BCUT2D eigenvalue weighted by atomic mass is 10.2. The van der Waals surface area contributed by atoms with Crippen molar-refractivity contribution in [2.75, 3.05) is 6.54 Å². The van der Waals surface area contributed by atoms with Gasteiger partial charge in [-0.25, -0.2) is 0 Å². The van der Waals surface area contributed by atoms with Gasteiger partial charge in [-0.3, -0.25) is 4.79 Å². The molecular formula is C13H18BrClN2O. The van der Waals surface area contributed by atoms with E-state index in [2.05, 4.69) is 26.6 Å². The van der Waals surface area contributed by atoms with Crippen molar-refractivity contribution in [3.63, 3.8) is 0 Å². The Morgan fingerprint density at radius 2 is 2.17 bits per heavy atom. The van der Waals surface area contributed by atoms with E-state index in [-0.39, 0.29) is 11.9 Å². The van der Waals surface area contributed by atoms with E-state index in [0.29, 0.717) is 24.5 Å². The molecule has 0 atom stereocenters. The average molecular weight is 334 g/mol. The Labute approximate surface area is 121 Å². The molecule has 18 heavy (non-hydrogen) atoms. The summed E-state index contributed by atoms with van der Waals surface area (Å²) >= 11 is 9.39. The van der Waals surface area contributed by atoms with Gasteiger partial charge in [0.2, 0.25) is 5.91 Å². The van der Waals surface area contributed by atoms with Crippen molar-refractivity contribution < 1.29 is 4.79 Å². The molecule has 1 amide bonds. The largest absolute Gasteiger partial charge is 0.354 e. The number of amides is 1. The molecule has 1 rings (SSSR count). The summed E-state index contributed by atoms with van der Waals surface area (Å²) < 4.78 is 1.02. The summed E-state index contributed by atoms with van der Waals surface area (Å²) in [6.45, 7) is 5.25. The Balaban J connectivity index is 2.29. The van der Waals surface area contributed by atoms with Gasteiger partial charge in [-0.1, -0.05) is 27.5 Å². The Morgan fingerprint density at radius 3 is 2.83 bits per heavy atom. The number of hydrogen-bond acceptors (Lipinski definition) is 2. The van der Waals surface area contributed by atoms with Crippen molar-refractivity contribution in [1.82, 2.24) is 10.6 Å². The zero-order valence-electron chi connectivity index (χ0n) is 10.6. The van der Waals surface area contributed by atoms with Crippen LogP contribution in [0, 0.1) is 0 Å². The number of rotatable bonds is 6. The lowest BCUT2D eigenvalue weighted by Gasteiger charge is -2.09. The number of carbonyl (C=O) groups excluding carboxylic acids is 1. The predicted molar refractivity (Wildman–Crippen MR) is 78.8 cm³/mol. The van der Waals surface area contributed by atoms with Crippen LogP contribution >= 0.6 is 27.5 Å². The van der Waals surface area contributed by atoms with Gasteiger partial charge < -0.3 is 10.6 Å². The minimum atomic E-state index is 0.0719. The normalized spacial score (nSPS) is 10.7. The molecule has 100 valence electrons. The van der Waals surface area contributed by atoms with E-state index in [0.717, 1.165) is 10.0 Å². The van der Waals surface area contributed by atoms with E-state index in [1.165, 1.54) is 0 Å². The van der Waals surface area contributed by atoms with Gasteiger partial charge >= 0.3 is 0 Å². The third-order valence-electron chi connectivity index (χ3n) is 2.30. The smallest absolute Gasteiger partial charge is 0.221 e. The van der Waals surface area contributed by atoms with Crippen LogP contribution in [0.15, 0.2) is 22.7 Å². The molecule has 0 unspecified atom stereocenters.